The summed E-state index contributed by atoms with van der Waals surface area (Å²) in [6, 6.07) is 1.93. The van der Waals surface area contributed by atoms with E-state index in [1.165, 1.54) is 11.3 Å². The van der Waals surface area contributed by atoms with Crippen molar-refractivity contribution in [3.8, 4) is 5.69 Å². The lowest BCUT2D eigenvalue weighted by Crippen LogP contribution is -1.99. The molecule has 0 aliphatic carbocycles. The first-order chi connectivity index (χ1) is 7.15. The van der Waals surface area contributed by atoms with Crippen LogP contribution in [0.2, 0.25) is 0 Å². The van der Waals surface area contributed by atoms with Crippen LogP contribution in [0.1, 0.15) is 27.3 Å². The SMILES string of the molecule is Cc1cscc1-n1c(C)cc(C=O)c1C. The third-order valence-corrected chi connectivity index (χ3v) is 3.52. The highest BCUT2D eigenvalue weighted by Crippen LogP contribution is 2.24. The Kier molecular flexibility index (Phi) is 2.49. The van der Waals surface area contributed by atoms with Gasteiger partial charge >= 0.3 is 0 Å². The van der Waals surface area contributed by atoms with Crippen LogP contribution in [0.5, 0.6) is 0 Å². The number of aromatic nitrogens is 1. The van der Waals surface area contributed by atoms with E-state index in [9.17, 15) is 4.79 Å². The van der Waals surface area contributed by atoms with Crippen molar-refractivity contribution in [1.82, 2.24) is 4.57 Å². The summed E-state index contributed by atoms with van der Waals surface area (Å²) in [5.41, 5.74) is 5.33. The van der Waals surface area contributed by atoms with Gasteiger partial charge in [0.05, 0.1) is 5.69 Å². The summed E-state index contributed by atoms with van der Waals surface area (Å²) in [5, 5.41) is 4.23. The van der Waals surface area contributed by atoms with Crippen molar-refractivity contribution in [2.75, 3.05) is 0 Å². The highest BCUT2D eigenvalue weighted by atomic mass is 32.1. The molecule has 0 N–H and O–H groups in total. The third kappa shape index (κ3) is 1.53. The van der Waals surface area contributed by atoms with E-state index in [4.69, 9.17) is 0 Å². The molecule has 2 aromatic heterocycles. The van der Waals surface area contributed by atoms with Crippen molar-refractivity contribution in [3.05, 3.63) is 39.3 Å². The number of nitrogens with zero attached hydrogens (tertiary/aromatic N) is 1. The van der Waals surface area contributed by atoms with Crippen molar-refractivity contribution in [1.29, 1.82) is 0 Å². The fraction of sp³-hybridized carbons (Fsp3) is 0.250. The predicted molar refractivity (Wildman–Crippen MR) is 63.2 cm³/mol. The van der Waals surface area contributed by atoms with Crippen LogP contribution in [0.15, 0.2) is 16.8 Å². The molecule has 0 saturated carbocycles. The summed E-state index contributed by atoms with van der Waals surface area (Å²) in [5.74, 6) is 0. The molecule has 0 aliphatic heterocycles. The summed E-state index contributed by atoms with van der Waals surface area (Å²) in [4.78, 5) is 10.8. The van der Waals surface area contributed by atoms with Gasteiger partial charge in [-0.15, -0.1) is 11.3 Å². The van der Waals surface area contributed by atoms with Gasteiger partial charge in [-0.25, -0.2) is 0 Å². The first-order valence-electron chi connectivity index (χ1n) is 4.82. The molecule has 0 saturated heterocycles. The van der Waals surface area contributed by atoms with Gasteiger partial charge < -0.3 is 4.57 Å². The zero-order chi connectivity index (χ0) is 11.0. The highest BCUT2D eigenvalue weighted by molar-refractivity contribution is 7.08. The molecule has 15 heavy (non-hydrogen) atoms. The molecule has 0 radical (unpaired) electrons. The number of rotatable bonds is 2. The fourth-order valence-corrected chi connectivity index (χ4v) is 2.67. The summed E-state index contributed by atoms with van der Waals surface area (Å²) in [6.45, 7) is 6.09. The molecule has 78 valence electrons. The Morgan fingerprint density at radius 1 is 1.27 bits per heavy atom. The fourth-order valence-electron chi connectivity index (χ4n) is 1.86. The number of hydrogen-bond acceptors (Lipinski definition) is 2. The smallest absolute Gasteiger partial charge is 0.151 e. The molecule has 2 aromatic rings. The maximum absolute atomic E-state index is 10.8. The molecule has 2 rings (SSSR count). The van der Waals surface area contributed by atoms with E-state index < -0.39 is 0 Å². The average molecular weight is 219 g/mol. The summed E-state index contributed by atoms with van der Waals surface area (Å²) in [7, 11) is 0. The van der Waals surface area contributed by atoms with Crippen molar-refractivity contribution in [2.45, 2.75) is 20.8 Å². The van der Waals surface area contributed by atoms with Crippen LogP contribution in [0.3, 0.4) is 0 Å². The van der Waals surface area contributed by atoms with Gasteiger partial charge in [0, 0.05) is 22.3 Å². The third-order valence-electron chi connectivity index (χ3n) is 2.67. The Morgan fingerprint density at radius 2 is 2.00 bits per heavy atom. The van der Waals surface area contributed by atoms with E-state index in [1.54, 1.807) is 11.3 Å². The maximum atomic E-state index is 10.8. The van der Waals surface area contributed by atoms with E-state index in [0.29, 0.717) is 0 Å². The lowest BCUT2D eigenvalue weighted by Gasteiger charge is -2.08. The first-order valence-corrected chi connectivity index (χ1v) is 5.76. The average Bonchev–Trinajstić information content (AvgIpc) is 2.71. The molecule has 0 fully saturated rings. The second kappa shape index (κ2) is 3.66. The topological polar surface area (TPSA) is 22.0 Å². The van der Waals surface area contributed by atoms with Crippen LogP contribution >= 0.6 is 11.3 Å². The molecule has 0 atom stereocenters. The number of aldehydes is 1. The zero-order valence-corrected chi connectivity index (χ0v) is 9.89. The molecular weight excluding hydrogens is 206 g/mol. The molecule has 0 aromatic carbocycles. The van der Waals surface area contributed by atoms with Crippen molar-refractivity contribution in [2.24, 2.45) is 0 Å². The van der Waals surface area contributed by atoms with Gasteiger partial charge in [0.1, 0.15) is 0 Å². The van der Waals surface area contributed by atoms with Gasteiger partial charge in [-0.3, -0.25) is 4.79 Å². The number of hydrogen-bond donors (Lipinski definition) is 0. The Balaban J connectivity index is 2.68. The Morgan fingerprint density at radius 3 is 2.47 bits per heavy atom. The van der Waals surface area contributed by atoms with Crippen LogP contribution in [0, 0.1) is 20.8 Å². The quantitative estimate of drug-likeness (QED) is 0.710. The minimum atomic E-state index is 0.776. The van der Waals surface area contributed by atoms with Crippen molar-refractivity contribution >= 4 is 17.6 Å². The van der Waals surface area contributed by atoms with Crippen LogP contribution in [0.4, 0.5) is 0 Å². The summed E-state index contributed by atoms with van der Waals surface area (Å²) in [6.07, 6.45) is 0.917. The minimum absolute atomic E-state index is 0.776. The number of thiophene rings is 1. The monoisotopic (exact) mass is 219 g/mol. The minimum Gasteiger partial charge on any atom is -0.317 e. The predicted octanol–water partition coefficient (Wildman–Crippen LogP) is 3.28. The Hall–Kier alpha value is -1.35. The van der Waals surface area contributed by atoms with Gasteiger partial charge in [-0.2, -0.15) is 0 Å². The Bertz CT molecular complexity index is 508. The molecule has 0 aliphatic rings. The standard InChI is InChI=1S/C12H13NOS/c1-8-6-15-7-12(8)13-9(2)4-11(5-14)10(13)3/h4-7H,1-3H3. The Labute approximate surface area is 93.2 Å². The summed E-state index contributed by atoms with van der Waals surface area (Å²) >= 11 is 1.69. The van der Waals surface area contributed by atoms with E-state index in [-0.39, 0.29) is 0 Å². The normalized spacial score (nSPS) is 10.6. The lowest BCUT2D eigenvalue weighted by molar-refractivity contribution is 0.112. The van der Waals surface area contributed by atoms with Crippen LogP contribution in [0.25, 0.3) is 5.69 Å². The molecule has 0 unspecified atom stereocenters. The molecule has 0 bridgehead atoms. The van der Waals surface area contributed by atoms with Crippen LogP contribution in [-0.2, 0) is 0 Å². The van der Waals surface area contributed by atoms with E-state index in [1.807, 2.05) is 19.9 Å². The van der Waals surface area contributed by atoms with Crippen molar-refractivity contribution in [3.63, 3.8) is 0 Å². The molecular formula is C12H13NOS. The first kappa shape index (κ1) is 10.2. The van der Waals surface area contributed by atoms with E-state index >= 15 is 0 Å². The summed E-state index contributed by atoms with van der Waals surface area (Å²) < 4.78 is 2.13. The van der Waals surface area contributed by atoms with Crippen LogP contribution < -0.4 is 0 Å². The van der Waals surface area contributed by atoms with Crippen LogP contribution in [-0.4, -0.2) is 10.9 Å². The number of aryl methyl sites for hydroxylation is 2. The van der Waals surface area contributed by atoms with Gasteiger partial charge in [0.25, 0.3) is 0 Å². The molecule has 3 heteroatoms. The maximum Gasteiger partial charge on any atom is 0.151 e. The van der Waals surface area contributed by atoms with Gasteiger partial charge in [-0.1, -0.05) is 0 Å². The highest BCUT2D eigenvalue weighted by Gasteiger charge is 2.11. The molecule has 2 heterocycles. The lowest BCUT2D eigenvalue weighted by atomic mass is 10.3. The molecule has 2 nitrogen and oxygen atoms in total. The number of carbonyl (C=O) groups is 1. The van der Waals surface area contributed by atoms with Gasteiger partial charge in [-0.05, 0) is 37.8 Å². The number of carbonyl (C=O) groups excluding carboxylic acids is 1. The van der Waals surface area contributed by atoms with Gasteiger partial charge in [0.2, 0.25) is 0 Å². The second-order valence-corrected chi connectivity index (χ2v) is 4.46. The molecule has 0 amide bonds. The van der Waals surface area contributed by atoms with Crippen molar-refractivity contribution < 1.29 is 4.79 Å². The molecule has 0 spiro atoms. The van der Waals surface area contributed by atoms with E-state index in [2.05, 4.69) is 22.3 Å². The largest absolute Gasteiger partial charge is 0.317 e. The van der Waals surface area contributed by atoms with E-state index in [0.717, 1.165) is 23.2 Å². The second-order valence-electron chi connectivity index (χ2n) is 3.72. The zero-order valence-electron chi connectivity index (χ0n) is 9.07. The van der Waals surface area contributed by atoms with Gasteiger partial charge in [0.15, 0.2) is 6.29 Å².